The van der Waals surface area contributed by atoms with E-state index in [0.717, 1.165) is 0 Å². The highest BCUT2D eigenvalue weighted by Crippen LogP contribution is 2.24. The molecule has 0 aromatic heterocycles. The Labute approximate surface area is 94.6 Å². The molecule has 0 unspecified atom stereocenters. The fourth-order valence-corrected chi connectivity index (χ4v) is 1.18. The van der Waals surface area contributed by atoms with E-state index in [-0.39, 0.29) is 11.7 Å². The summed E-state index contributed by atoms with van der Waals surface area (Å²) in [5, 5.41) is 12.2. The first-order chi connectivity index (χ1) is 7.63. The molecule has 0 aliphatic carbocycles. The highest BCUT2D eigenvalue weighted by molar-refractivity contribution is 5.73. The second kappa shape index (κ2) is 5.80. The minimum absolute atomic E-state index is 0.0800. The van der Waals surface area contributed by atoms with Gasteiger partial charge in [-0.15, -0.1) is 0 Å². The van der Waals surface area contributed by atoms with E-state index >= 15 is 0 Å². The highest BCUT2D eigenvalue weighted by Gasteiger charge is 1.99. The minimum Gasteiger partial charge on any atom is -0.507 e. The average Bonchev–Trinajstić information content (AvgIpc) is 2.25. The molecule has 0 aliphatic rings. The van der Waals surface area contributed by atoms with E-state index in [0.29, 0.717) is 17.9 Å². The van der Waals surface area contributed by atoms with Gasteiger partial charge in [-0.1, -0.05) is 12.2 Å². The van der Waals surface area contributed by atoms with Crippen LogP contribution in [0.1, 0.15) is 12.5 Å². The molecule has 1 aromatic carbocycles. The lowest BCUT2D eigenvalue weighted by Crippen LogP contribution is -2.19. The Morgan fingerprint density at radius 1 is 1.56 bits per heavy atom. The Hall–Kier alpha value is -1.97. The van der Waals surface area contributed by atoms with Crippen LogP contribution in [0.4, 0.5) is 0 Å². The molecule has 4 nitrogen and oxygen atoms in total. The molecule has 0 aliphatic heterocycles. The van der Waals surface area contributed by atoms with E-state index < -0.39 is 0 Å². The number of rotatable bonds is 4. The van der Waals surface area contributed by atoms with Crippen LogP contribution in [0, 0.1) is 0 Å². The quantitative estimate of drug-likeness (QED) is 0.811. The van der Waals surface area contributed by atoms with E-state index in [1.165, 1.54) is 13.0 Å². The molecule has 0 radical (unpaired) electrons. The zero-order chi connectivity index (χ0) is 12.0. The summed E-state index contributed by atoms with van der Waals surface area (Å²) in [6.07, 6.45) is 3.51. The number of carbonyl (C=O) groups is 1. The molecule has 0 atom stereocenters. The van der Waals surface area contributed by atoms with Gasteiger partial charge in [-0.3, -0.25) is 4.79 Å². The highest BCUT2D eigenvalue weighted by atomic mass is 16.5. The Balaban J connectivity index is 2.63. The van der Waals surface area contributed by atoms with Gasteiger partial charge in [-0.25, -0.2) is 0 Å². The Morgan fingerprint density at radius 2 is 2.31 bits per heavy atom. The number of carbonyl (C=O) groups excluding carboxylic acids is 1. The molecule has 0 saturated heterocycles. The molecule has 0 saturated carbocycles. The van der Waals surface area contributed by atoms with Crippen molar-refractivity contribution in [2.45, 2.75) is 6.92 Å². The maximum atomic E-state index is 10.6. The lowest BCUT2D eigenvalue weighted by Gasteiger charge is -2.03. The summed E-state index contributed by atoms with van der Waals surface area (Å²) in [4.78, 5) is 10.6. The monoisotopic (exact) mass is 221 g/mol. The molecule has 0 heterocycles. The maximum Gasteiger partial charge on any atom is 0.217 e. The third-order valence-electron chi connectivity index (χ3n) is 2.00. The molecular formula is C12H15NO3. The SMILES string of the molecule is COc1ccc(C=CCNC(C)=O)c(O)c1. The zero-order valence-corrected chi connectivity index (χ0v) is 9.36. The van der Waals surface area contributed by atoms with Gasteiger partial charge in [-0.05, 0) is 12.1 Å². The first-order valence-electron chi connectivity index (χ1n) is 4.91. The van der Waals surface area contributed by atoms with Crippen molar-refractivity contribution in [2.24, 2.45) is 0 Å². The van der Waals surface area contributed by atoms with Crippen molar-refractivity contribution in [1.82, 2.24) is 5.32 Å². The van der Waals surface area contributed by atoms with Crippen LogP contribution in [0.25, 0.3) is 6.08 Å². The summed E-state index contributed by atoms with van der Waals surface area (Å²) >= 11 is 0. The van der Waals surface area contributed by atoms with Gasteiger partial charge in [-0.2, -0.15) is 0 Å². The predicted molar refractivity (Wildman–Crippen MR) is 62.4 cm³/mol. The summed E-state index contributed by atoms with van der Waals surface area (Å²) in [5.41, 5.74) is 0.686. The zero-order valence-electron chi connectivity index (χ0n) is 9.36. The van der Waals surface area contributed by atoms with Gasteiger partial charge in [0.05, 0.1) is 7.11 Å². The number of ether oxygens (including phenoxy) is 1. The number of phenolic OH excluding ortho intramolecular Hbond substituents is 1. The average molecular weight is 221 g/mol. The third-order valence-corrected chi connectivity index (χ3v) is 2.00. The molecule has 16 heavy (non-hydrogen) atoms. The molecule has 1 rings (SSSR count). The van der Waals surface area contributed by atoms with Crippen LogP contribution in [-0.4, -0.2) is 24.7 Å². The summed E-state index contributed by atoms with van der Waals surface area (Å²) in [6.45, 7) is 1.90. The van der Waals surface area contributed by atoms with E-state index in [1.807, 2.05) is 0 Å². The minimum atomic E-state index is -0.0800. The standard InChI is InChI=1S/C12H15NO3/c1-9(14)13-7-3-4-10-5-6-11(16-2)8-12(10)15/h3-6,8,15H,7H2,1-2H3,(H,13,14). The Kier molecular flexibility index (Phi) is 4.39. The normalized spacial score (nSPS) is 10.4. The van der Waals surface area contributed by atoms with Gasteiger partial charge >= 0.3 is 0 Å². The van der Waals surface area contributed by atoms with E-state index in [2.05, 4.69) is 5.32 Å². The molecular weight excluding hydrogens is 206 g/mol. The molecule has 1 aromatic rings. The molecule has 0 bridgehead atoms. The van der Waals surface area contributed by atoms with Gasteiger partial charge in [0.1, 0.15) is 11.5 Å². The van der Waals surface area contributed by atoms with Crippen molar-refractivity contribution in [1.29, 1.82) is 0 Å². The van der Waals surface area contributed by atoms with Gasteiger partial charge in [0.25, 0.3) is 0 Å². The van der Waals surface area contributed by atoms with Gasteiger partial charge < -0.3 is 15.2 Å². The second-order valence-corrected chi connectivity index (χ2v) is 3.26. The number of phenols is 1. The molecule has 2 N–H and O–H groups in total. The van der Waals surface area contributed by atoms with Gasteiger partial charge in [0, 0.05) is 25.1 Å². The lowest BCUT2D eigenvalue weighted by molar-refractivity contribution is -0.118. The van der Waals surface area contributed by atoms with Crippen LogP contribution in [0.5, 0.6) is 11.5 Å². The molecule has 0 fully saturated rings. The fraction of sp³-hybridized carbons (Fsp3) is 0.250. The van der Waals surface area contributed by atoms with Crippen molar-refractivity contribution in [2.75, 3.05) is 13.7 Å². The maximum absolute atomic E-state index is 10.6. The predicted octanol–water partition coefficient (Wildman–Crippen LogP) is 1.55. The first kappa shape index (κ1) is 12.1. The number of aromatic hydroxyl groups is 1. The van der Waals surface area contributed by atoms with Crippen LogP contribution in [0.15, 0.2) is 24.3 Å². The number of benzene rings is 1. The van der Waals surface area contributed by atoms with Crippen molar-refractivity contribution < 1.29 is 14.6 Å². The lowest BCUT2D eigenvalue weighted by atomic mass is 10.2. The summed E-state index contributed by atoms with van der Waals surface area (Å²) < 4.78 is 4.97. The molecule has 1 amide bonds. The molecule has 0 spiro atoms. The Bertz CT molecular complexity index is 399. The van der Waals surface area contributed by atoms with E-state index in [1.54, 1.807) is 31.4 Å². The number of hydrogen-bond donors (Lipinski definition) is 2. The van der Waals surface area contributed by atoms with Crippen LogP contribution in [0.2, 0.25) is 0 Å². The van der Waals surface area contributed by atoms with Crippen LogP contribution < -0.4 is 10.1 Å². The van der Waals surface area contributed by atoms with Crippen LogP contribution >= 0.6 is 0 Å². The third kappa shape index (κ3) is 3.65. The summed E-state index contributed by atoms with van der Waals surface area (Å²) in [5.74, 6) is 0.679. The smallest absolute Gasteiger partial charge is 0.217 e. The topological polar surface area (TPSA) is 58.6 Å². The number of methoxy groups -OCH3 is 1. The fourth-order valence-electron chi connectivity index (χ4n) is 1.18. The summed E-state index contributed by atoms with van der Waals surface area (Å²) in [6, 6.07) is 5.05. The number of nitrogens with one attached hydrogen (secondary N) is 1. The van der Waals surface area contributed by atoms with Crippen molar-refractivity contribution >= 4 is 12.0 Å². The Morgan fingerprint density at radius 3 is 2.88 bits per heavy atom. The van der Waals surface area contributed by atoms with Crippen molar-refractivity contribution in [3.63, 3.8) is 0 Å². The van der Waals surface area contributed by atoms with E-state index in [4.69, 9.17) is 4.74 Å². The van der Waals surface area contributed by atoms with Crippen LogP contribution in [-0.2, 0) is 4.79 Å². The van der Waals surface area contributed by atoms with Crippen molar-refractivity contribution in [3.8, 4) is 11.5 Å². The summed E-state index contributed by atoms with van der Waals surface area (Å²) in [7, 11) is 1.54. The molecule has 4 heteroatoms. The van der Waals surface area contributed by atoms with Gasteiger partial charge in [0.2, 0.25) is 5.91 Å². The number of amides is 1. The largest absolute Gasteiger partial charge is 0.507 e. The van der Waals surface area contributed by atoms with Gasteiger partial charge in [0.15, 0.2) is 0 Å². The first-order valence-corrected chi connectivity index (χ1v) is 4.91. The van der Waals surface area contributed by atoms with Crippen molar-refractivity contribution in [3.05, 3.63) is 29.8 Å². The van der Waals surface area contributed by atoms with Crippen LogP contribution in [0.3, 0.4) is 0 Å². The number of hydrogen-bond acceptors (Lipinski definition) is 3. The van der Waals surface area contributed by atoms with E-state index in [9.17, 15) is 9.90 Å². The second-order valence-electron chi connectivity index (χ2n) is 3.26. The molecule has 86 valence electrons.